The first kappa shape index (κ1) is 14.4. The maximum absolute atomic E-state index is 11.9. The van der Waals surface area contributed by atoms with Gasteiger partial charge in [-0.15, -0.1) is 0 Å². The van der Waals surface area contributed by atoms with Crippen molar-refractivity contribution in [2.45, 2.75) is 0 Å². The zero-order chi connectivity index (χ0) is 15.4. The summed E-state index contributed by atoms with van der Waals surface area (Å²) in [4.78, 5) is 16.2. The molecular formula is C17H13ClN2O2. The number of amidine groups is 1. The second kappa shape index (κ2) is 6.45. The van der Waals surface area contributed by atoms with Gasteiger partial charge in [-0.05, 0) is 35.9 Å². The number of ether oxygens (including phenoxy) is 1. The van der Waals surface area contributed by atoms with Crippen molar-refractivity contribution in [3.8, 4) is 5.75 Å². The zero-order valence-electron chi connectivity index (χ0n) is 11.6. The lowest BCUT2D eigenvalue weighted by atomic mass is 10.2. The average Bonchev–Trinajstić information content (AvgIpc) is 2.86. The molecule has 0 radical (unpaired) electrons. The molecule has 1 aliphatic rings. The fourth-order valence-corrected chi connectivity index (χ4v) is 2.21. The van der Waals surface area contributed by atoms with Gasteiger partial charge in [0.05, 0.1) is 0 Å². The zero-order valence-corrected chi connectivity index (χ0v) is 12.4. The third kappa shape index (κ3) is 3.54. The van der Waals surface area contributed by atoms with Gasteiger partial charge in [-0.1, -0.05) is 41.9 Å². The van der Waals surface area contributed by atoms with Gasteiger partial charge in [0.1, 0.15) is 23.9 Å². The molecule has 1 amide bonds. The lowest BCUT2D eigenvalue weighted by Gasteiger charge is -2.04. The fraction of sp³-hybridized carbons (Fsp3) is 0.0588. The normalized spacial score (nSPS) is 15.6. The van der Waals surface area contributed by atoms with Crippen LogP contribution in [0.15, 0.2) is 65.3 Å². The Hall–Kier alpha value is -2.59. The van der Waals surface area contributed by atoms with Crippen molar-refractivity contribution < 1.29 is 9.53 Å². The predicted octanol–water partition coefficient (Wildman–Crippen LogP) is 3.29. The average molecular weight is 313 g/mol. The molecule has 0 aliphatic carbocycles. The van der Waals surface area contributed by atoms with Crippen LogP contribution in [0.25, 0.3) is 6.08 Å². The topological polar surface area (TPSA) is 50.7 Å². The first-order chi connectivity index (χ1) is 10.7. The molecule has 2 aromatic carbocycles. The lowest BCUT2D eigenvalue weighted by Crippen LogP contribution is -2.28. The molecule has 110 valence electrons. The summed E-state index contributed by atoms with van der Waals surface area (Å²) in [6.45, 7) is 0.211. The van der Waals surface area contributed by atoms with E-state index in [-0.39, 0.29) is 12.5 Å². The van der Waals surface area contributed by atoms with Crippen molar-refractivity contribution >= 4 is 29.4 Å². The Morgan fingerprint density at radius 3 is 2.73 bits per heavy atom. The number of rotatable bonds is 4. The second-order valence-electron chi connectivity index (χ2n) is 4.70. The van der Waals surface area contributed by atoms with Crippen LogP contribution >= 0.6 is 11.6 Å². The molecule has 0 saturated carbocycles. The highest BCUT2D eigenvalue weighted by atomic mass is 35.5. The van der Waals surface area contributed by atoms with E-state index < -0.39 is 0 Å². The molecule has 0 aromatic heterocycles. The molecule has 0 unspecified atom stereocenters. The smallest absolute Gasteiger partial charge is 0.275 e. The lowest BCUT2D eigenvalue weighted by molar-refractivity contribution is -0.115. The largest absolute Gasteiger partial charge is 0.486 e. The van der Waals surface area contributed by atoms with Crippen molar-refractivity contribution in [2.75, 3.05) is 6.61 Å². The molecule has 0 bridgehead atoms. The fourth-order valence-electron chi connectivity index (χ4n) is 2.01. The minimum absolute atomic E-state index is 0.211. The summed E-state index contributed by atoms with van der Waals surface area (Å²) in [5.41, 5.74) is 1.17. The van der Waals surface area contributed by atoms with Crippen molar-refractivity contribution in [3.63, 3.8) is 0 Å². The SMILES string of the molecule is O=C1NC(COc2ccccc2)=N/C1=C/c1cccc(Cl)c1. The number of benzene rings is 2. The van der Waals surface area contributed by atoms with Gasteiger partial charge < -0.3 is 10.1 Å². The van der Waals surface area contributed by atoms with E-state index in [0.29, 0.717) is 16.6 Å². The maximum atomic E-state index is 11.9. The molecule has 0 atom stereocenters. The third-order valence-corrected chi connectivity index (χ3v) is 3.25. The highest BCUT2D eigenvalue weighted by Gasteiger charge is 2.20. The number of nitrogens with zero attached hydrogens (tertiary/aromatic N) is 1. The summed E-state index contributed by atoms with van der Waals surface area (Å²) in [7, 11) is 0. The quantitative estimate of drug-likeness (QED) is 0.881. The van der Waals surface area contributed by atoms with Crippen molar-refractivity contribution in [3.05, 3.63) is 70.9 Å². The van der Waals surface area contributed by atoms with Crippen LogP contribution in [0.4, 0.5) is 0 Å². The minimum Gasteiger partial charge on any atom is -0.486 e. The molecule has 0 saturated heterocycles. The molecule has 4 nitrogen and oxygen atoms in total. The number of carbonyl (C=O) groups excluding carboxylic acids is 1. The molecular weight excluding hydrogens is 300 g/mol. The summed E-state index contributed by atoms with van der Waals surface area (Å²) in [5, 5.41) is 3.31. The first-order valence-corrected chi connectivity index (χ1v) is 7.12. The Kier molecular flexibility index (Phi) is 4.21. The molecule has 5 heteroatoms. The number of para-hydroxylation sites is 1. The van der Waals surface area contributed by atoms with Crippen LogP contribution < -0.4 is 10.1 Å². The number of aliphatic imine (C=N–C) groups is 1. The molecule has 3 rings (SSSR count). The second-order valence-corrected chi connectivity index (χ2v) is 5.14. The van der Waals surface area contributed by atoms with E-state index in [2.05, 4.69) is 10.3 Å². The van der Waals surface area contributed by atoms with Gasteiger partial charge in [-0.25, -0.2) is 4.99 Å². The molecule has 22 heavy (non-hydrogen) atoms. The van der Waals surface area contributed by atoms with Gasteiger partial charge in [0, 0.05) is 5.02 Å². The summed E-state index contributed by atoms with van der Waals surface area (Å²) in [5.74, 6) is 0.973. The van der Waals surface area contributed by atoms with E-state index in [4.69, 9.17) is 16.3 Å². The van der Waals surface area contributed by atoms with Crippen LogP contribution in [0.5, 0.6) is 5.75 Å². The number of halogens is 1. The standard InChI is InChI=1S/C17H13ClN2O2/c18-13-6-4-5-12(9-13)10-15-17(21)20-16(19-15)11-22-14-7-2-1-3-8-14/h1-10H,11H2,(H,19,20,21)/b15-10+. The van der Waals surface area contributed by atoms with Crippen molar-refractivity contribution in [2.24, 2.45) is 4.99 Å². The molecule has 1 heterocycles. The van der Waals surface area contributed by atoms with Crippen LogP contribution in [0.3, 0.4) is 0 Å². The van der Waals surface area contributed by atoms with Crippen LogP contribution in [0.1, 0.15) is 5.56 Å². The number of carbonyl (C=O) groups is 1. The summed E-state index contributed by atoms with van der Waals surface area (Å²) in [6, 6.07) is 16.6. The Balaban J connectivity index is 1.71. The Morgan fingerprint density at radius 2 is 1.95 bits per heavy atom. The van der Waals surface area contributed by atoms with Crippen LogP contribution in [-0.4, -0.2) is 18.3 Å². The Bertz CT molecular complexity index is 754. The summed E-state index contributed by atoms with van der Waals surface area (Å²) in [6.07, 6.45) is 1.69. The van der Waals surface area contributed by atoms with Crippen LogP contribution in [-0.2, 0) is 4.79 Å². The highest BCUT2D eigenvalue weighted by Crippen LogP contribution is 2.16. The highest BCUT2D eigenvalue weighted by molar-refractivity contribution is 6.30. The van der Waals surface area contributed by atoms with E-state index in [1.54, 1.807) is 18.2 Å². The van der Waals surface area contributed by atoms with E-state index in [9.17, 15) is 4.79 Å². The first-order valence-electron chi connectivity index (χ1n) is 6.75. The van der Waals surface area contributed by atoms with E-state index >= 15 is 0 Å². The number of hydrogen-bond donors (Lipinski definition) is 1. The number of nitrogens with one attached hydrogen (secondary N) is 1. The Labute approximate surface area is 133 Å². The maximum Gasteiger partial charge on any atom is 0.275 e. The summed E-state index contributed by atoms with van der Waals surface area (Å²) < 4.78 is 5.56. The van der Waals surface area contributed by atoms with Gasteiger partial charge in [-0.2, -0.15) is 0 Å². The molecule has 1 N–H and O–H groups in total. The van der Waals surface area contributed by atoms with Gasteiger partial charge in [0.25, 0.3) is 5.91 Å². The number of hydrogen-bond acceptors (Lipinski definition) is 3. The van der Waals surface area contributed by atoms with Crippen LogP contribution in [0, 0.1) is 0 Å². The molecule has 0 spiro atoms. The van der Waals surface area contributed by atoms with Gasteiger partial charge in [0.15, 0.2) is 0 Å². The van der Waals surface area contributed by atoms with Gasteiger partial charge in [-0.3, -0.25) is 4.79 Å². The minimum atomic E-state index is -0.244. The molecule has 1 aliphatic heterocycles. The van der Waals surface area contributed by atoms with Crippen LogP contribution in [0.2, 0.25) is 5.02 Å². The van der Waals surface area contributed by atoms with Crippen molar-refractivity contribution in [1.29, 1.82) is 0 Å². The Morgan fingerprint density at radius 1 is 1.14 bits per heavy atom. The van der Waals surface area contributed by atoms with E-state index in [1.807, 2.05) is 42.5 Å². The summed E-state index contributed by atoms with van der Waals surface area (Å²) >= 11 is 5.93. The predicted molar refractivity (Wildman–Crippen MR) is 86.9 cm³/mol. The van der Waals surface area contributed by atoms with E-state index in [0.717, 1.165) is 11.3 Å². The van der Waals surface area contributed by atoms with E-state index in [1.165, 1.54) is 0 Å². The van der Waals surface area contributed by atoms with Gasteiger partial charge >= 0.3 is 0 Å². The molecule has 0 fully saturated rings. The van der Waals surface area contributed by atoms with Crippen molar-refractivity contribution in [1.82, 2.24) is 5.32 Å². The monoisotopic (exact) mass is 312 g/mol. The third-order valence-electron chi connectivity index (χ3n) is 3.02. The number of amides is 1. The van der Waals surface area contributed by atoms with Gasteiger partial charge in [0.2, 0.25) is 0 Å². The molecule has 2 aromatic rings.